The van der Waals surface area contributed by atoms with Crippen LogP contribution in [0.5, 0.6) is 0 Å². The smallest absolute Gasteiger partial charge is 0.186 e. The van der Waals surface area contributed by atoms with Crippen molar-refractivity contribution in [3.05, 3.63) is 47.8 Å². The van der Waals surface area contributed by atoms with Crippen LogP contribution < -0.4 is 9.80 Å². The van der Waals surface area contributed by atoms with Gasteiger partial charge in [-0.3, -0.25) is 0 Å². The third kappa shape index (κ3) is 2.62. The van der Waals surface area contributed by atoms with E-state index in [9.17, 15) is 4.39 Å². The van der Waals surface area contributed by atoms with Crippen molar-refractivity contribution >= 4 is 53.4 Å². The number of hydrogen-bond acceptors (Lipinski definition) is 6. The largest absolute Gasteiger partial charge is 0.345 e. The van der Waals surface area contributed by atoms with Crippen LogP contribution in [0, 0.1) is 12.7 Å². The lowest BCUT2D eigenvalue weighted by Crippen LogP contribution is -2.46. The minimum Gasteiger partial charge on any atom is -0.345 e. The SMILES string of the molecule is Cc1cccc2sc(N3CCN(c4nc5c(F)cccc5s4)CC3)nc12. The molecule has 1 fully saturated rings. The molecule has 7 heteroatoms. The summed E-state index contributed by atoms with van der Waals surface area (Å²) in [5.41, 5.74) is 2.81. The molecule has 0 radical (unpaired) electrons. The normalized spacial score (nSPS) is 15.3. The van der Waals surface area contributed by atoms with Gasteiger partial charge in [0.25, 0.3) is 0 Å². The maximum atomic E-state index is 13.9. The molecule has 4 aromatic rings. The summed E-state index contributed by atoms with van der Waals surface area (Å²) in [4.78, 5) is 14.0. The van der Waals surface area contributed by atoms with Crippen LogP contribution >= 0.6 is 22.7 Å². The zero-order valence-electron chi connectivity index (χ0n) is 14.3. The number of halogens is 1. The third-order valence-electron chi connectivity index (χ3n) is 4.79. The highest BCUT2D eigenvalue weighted by Crippen LogP contribution is 2.33. The monoisotopic (exact) mass is 384 g/mol. The minimum absolute atomic E-state index is 0.242. The van der Waals surface area contributed by atoms with Crippen LogP contribution in [0.25, 0.3) is 20.4 Å². The predicted octanol–water partition coefficient (Wildman–Crippen LogP) is 4.68. The van der Waals surface area contributed by atoms with Gasteiger partial charge in [-0.1, -0.05) is 40.9 Å². The number of rotatable bonds is 2. The average Bonchev–Trinajstić information content (AvgIpc) is 3.28. The number of benzene rings is 2. The van der Waals surface area contributed by atoms with Gasteiger partial charge in [0, 0.05) is 26.2 Å². The summed E-state index contributed by atoms with van der Waals surface area (Å²) < 4.78 is 16.0. The molecule has 0 amide bonds. The summed E-state index contributed by atoms with van der Waals surface area (Å²) in [7, 11) is 0. The van der Waals surface area contributed by atoms with E-state index in [4.69, 9.17) is 4.98 Å². The van der Waals surface area contributed by atoms with Crippen LogP contribution in [0.4, 0.5) is 14.7 Å². The highest BCUT2D eigenvalue weighted by atomic mass is 32.1. The first-order valence-corrected chi connectivity index (χ1v) is 10.2. The summed E-state index contributed by atoms with van der Waals surface area (Å²) in [5, 5.41) is 1.99. The van der Waals surface area contributed by atoms with Crippen molar-refractivity contribution in [3.8, 4) is 0 Å². The second-order valence-electron chi connectivity index (χ2n) is 6.48. The van der Waals surface area contributed by atoms with Gasteiger partial charge < -0.3 is 9.80 Å². The van der Waals surface area contributed by atoms with Crippen molar-refractivity contribution in [3.63, 3.8) is 0 Å². The van der Waals surface area contributed by atoms with E-state index in [1.807, 2.05) is 6.07 Å². The van der Waals surface area contributed by atoms with Crippen LogP contribution in [-0.2, 0) is 0 Å². The number of nitrogens with zero attached hydrogens (tertiary/aromatic N) is 4. The summed E-state index contributed by atoms with van der Waals surface area (Å²) >= 11 is 3.32. The standard InChI is InChI=1S/C19H17FN4S2/c1-12-4-2-6-14-16(12)21-18(25-14)23-8-10-24(11-9-23)19-22-17-13(20)5-3-7-15(17)26-19/h2-7H,8-11H2,1H3. The Kier molecular flexibility index (Phi) is 3.79. The van der Waals surface area contributed by atoms with Crippen molar-refractivity contribution in [2.45, 2.75) is 6.92 Å². The van der Waals surface area contributed by atoms with E-state index in [-0.39, 0.29) is 5.82 Å². The molecule has 0 unspecified atom stereocenters. The van der Waals surface area contributed by atoms with Crippen molar-refractivity contribution in [1.29, 1.82) is 0 Å². The Morgan fingerprint density at radius 1 is 0.808 bits per heavy atom. The molecule has 0 N–H and O–H groups in total. The number of anilines is 2. The number of para-hydroxylation sites is 2. The van der Waals surface area contributed by atoms with Gasteiger partial charge in [0.2, 0.25) is 0 Å². The Balaban J connectivity index is 1.36. The highest BCUT2D eigenvalue weighted by molar-refractivity contribution is 7.22. The maximum absolute atomic E-state index is 13.9. The van der Waals surface area contributed by atoms with E-state index < -0.39 is 0 Å². The van der Waals surface area contributed by atoms with Gasteiger partial charge in [0.15, 0.2) is 10.3 Å². The number of fused-ring (bicyclic) bond motifs is 2. The first-order chi connectivity index (χ1) is 12.7. The molecule has 5 rings (SSSR count). The molecule has 26 heavy (non-hydrogen) atoms. The van der Waals surface area contributed by atoms with Gasteiger partial charge in [-0.2, -0.15) is 0 Å². The fraction of sp³-hybridized carbons (Fsp3) is 0.263. The fourth-order valence-electron chi connectivity index (χ4n) is 3.34. The Labute approximate surface area is 158 Å². The van der Waals surface area contributed by atoms with Crippen molar-refractivity contribution < 1.29 is 4.39 Å². The van der Waals surface area contributed by atoms with Crippen molar-refractivity contribution in [2.24, 2.45) is 0 Å². The number of thiazole rings is 2. The average molecular weight is 385 g/mol. The van der Waals surface area contributed by atoms with Gasteiger partial charge in [-0.15, -0.1) is 0 Å². The summed E-state index contributed by atoms with van der Waals surface area (Å²) in [5.74, 6) is -0.242. The van der Waals surface area contributed by atoms with Crippen LogP contribution in [-0.4, -0.2) is 36.1 Å². The number of hydrogen-bond donors (Lipinski definition) is 0. The molecule has 4 nitrogen and oxygen atoms in total. The van der Waals surface area contributed by atoms with Crippen LogP contribution in [0.2, 0.25) is 0 Å². The molecule has 0 saturated carbocycles. The van der Waals surface area contributed by atoms with E-state index in [2.05, 4.69) is 39.9 Å². The number of aryl methyl sites for hydroxylation is 1. The van der Waals surface area contributed by atoms with E-state index in [0.29, 0.717) is 5.52 Å². The van der Waals surface area contributed by atoms with E-state index in [1.54, 1.807) is 28.7 Å². The molecular formula is C19H17FN4S2. The van der Waals surface area contributed by atoms with Crippen LogP contribution in [0.3, 0.4) is 0 Å². The van der Waals surface area contributed by atoms with Gasteiger partial charge in [0.05, 0.1) is 14.9 Å². The molecule has 0 bridgehead atoms. The van der Waals surface area contributed by atoms with Gasteiger partial charge in [-0.25, -0.2) is 14.4 Å². The molecule has 1 aliphatic heterocycles. The third-order valence-corrected chi connectivity index (χ3v) is 6.95. The molecule has 0 spiro atoms. The molecular weight excluding hydrogens is 367 g/mol. The summed E-state index contributed by atoms with van der Waals surface area (Å²) in [6, 6.07) is 11.5. The molecule has 2 aromatic carbocycles. The predicted molar refractivity (Wildman–Crippen MR) is 108 cm³/mol. The summed E-state index contributed by atoms with van der Waals surface area (Å²) in [6.07, 6.45) is 0. The molecule has 3 heterocycles. The van der Waals surface area contributed by atoms with Crippen LogP contribution in [0.15, 0.2) is 36.4 Å². The zero-order chi connectivity index (χ0) is 17.7. The Hall–Kier alpha value is -2.25. The molecule has 1 aliphatic rings. The molecule has 132 valence electrons. The van der Waals surface area contributed by atoms with E-state index >= 15 is 0 Å². The Morgan fingerprint density at radius 2 is 1.35 bits per heavy atom. The van der Waals surface area contributed by atoms with Gasteiger partial charge >= 0.3 is 0 Å². The van der Waals surface area contributed by atoms with Gasteiger partial charge in [-0.05, 0) is 30.7 Å². The fourth-order valence-corrected chi connectivity index (χ4v) is 5.46. The molecule has 0 aliphatic carbocycles. The number of aromatic nitrogens is 2. The second kappa shape index (κ2) is 6.17. The quantitative estimate of drug-likeness (QED) is 0.502. The lowest BCUT2D eigenvalue weighted by atomic mass is 10.2. The second-order valence-corrected chi connectivity index (χ2v) is 8.49. The molecule has 0 atom stereocenters. The topological polar surface area (TPSA) is 32.3 Å². The Bertz CT molecular complexity index is 1010. The van der Waals surface area contributed by atoms with Crippen molar-refractivity contribution in [2.75, 3.05) is 36.0 Å². The van der Waals surface area contributed by atoms with Gasteiger partial charge in [0.1, 0.15) is 11.3 Å². The lowest BCUT2D eigenvalue weighted by Gasteiger charge is -2.34. The zero-order valence-corrected chi connectivity index (χ0v) is 15.9. The number of piperazine rings is 1. The maximum Gasteiger partial charge on any atom is 0.186 e. The first kappa shape index (κ1) is 16.0. The van der Waals surface area contributed by atoms with Crippen molar-refractivity contribution in [1.82, 2.24) is 9.97 Å². The minimum atomic E-state index is -0.242. The van der Waals surface area contributed by atoms with Crippen LogP contribution in [0.1, 0.15) is 5.56 Å². The molecule has 1 saturated heterocycles. The van der Waals surface area contributed by atoms with E-state index in [1.165, 1.54) is 16.3 Å². The highest BCUT2D eigenvalue weighted by Gasteiger charge is 2.22. The van der Waals surface area contributed by atoms with E-state index in [0.717, 1.165) is 46.7 Å². The Morgan fingerprint density at radius 3 is 1.92 bits per heavy atom. The molecule has 2 aromatic heterocycles. The first-order valence-electron chi connectivity index (χ1n) is 8.60. The lowest BCUT2D eigenvalue weighted by molar-refractivity contribution is 0.635. The summed E-state index contributed by atoms with van der Waals surface area (Å²) in [6.45, 7) is 5.65.